The fourth-order valence-electron chi connectivity index (χ4n) is 3.89. The number of aromatic nitrogens is 2. The summed E-state index contributed by atoms with van der Waals surface area (Å²) in [6.45, 7) is 14.9. The van der Waals surface area contributed by atoms with E-state index in [1.807, 2.05) is 24.4 Å². The van der Waals surface area contributed by atoms with Crippen LogP contribution in [-0.4, -0.2) is 35.2 Å². The lowest BCUT2D eigenvalue weighted by molar-refractivity contribution is -0.120. The van der Waals surface area contributed by atoms with E-state index in [1.165, 1.54) is 6.92 Å². The Balaban J connectivity index is 0.000000220. The molecule has 0 atom stereocenters. The number of aliphatic hydroxyl groups excluding tert-OH is 1. The van der Waals surface area contributed by atoms with Crippen LogP contribution in [0.4, 0.5) is 0 Å². The van der Waals surface area contributed by atoms with Crippen molar-refractivity contribution in [1.82, 2.24) is 20.6 Å². The minimum absolute atomic E-state index is 0.000414. The van der Waals surface area contributed by atoms with Gasteiger partial charge in [-0.3, -0.25) is 19.6 Å². The Morgan fingerprint density at radius 3 is 1.62 bits per heavy atom. The standard InChI is InChI=1S/C17H28N2O2Si.C11H14N2O2/c1-13(20)19-17(9-10-17)15-8-7-14(11-18-15)12-21-22(5,6)16(2,3)4;1-8(15)13-11(4-5-11)10-3-2-9(7-14)6-12-10/h7-8,11H,9-10,12H2,1-6H3,(H,19,20);2-3,6,14H,4-5,7H2,1H3,(H,13,15). The fraction of sp³-hybridized carbons (Fsp3) is 0.571. The number of rotatable bonds is 8. The Hall–Kier alpha value is -2.62. The van der Waals surface area contributed by atoms with Gasteiger partial charge in [0.2, 0.25) is 11.8 Å². The molecule has 0 spiro atoms. The molecule has 2 aromatic rings. The molecular weight excluding hydrogens is 484 g/mol. The smallest absolute Gasteiger partial charge is 0.217 e. The number of hydrogen-bond acceptors (Lipinski definition) is 6. The lowest BCUT2D eigenvalue weighted by Gasteiger charge is -2.36. The van der Waals surface area contributed by atoms with Gasteiger partial charge in [0, 0.05) is 26.2 Å². The van der Waals surface area contributed by atoms with E-state index in [-0.39, 0.29) is 34.5 Å². The Morgan fingerprint density at radius 2 is 1.32 bits per heavy atom. The molecule has 2 fully saturated rings. The van der Waals surface area contributed by atoms with Gasteiger partial charge in [-0.2, -0.15) is 0 Å². The van der Waals surface area contributed by atoms with Crippen molar-refractivity contribution >= 4 is 20.1 Å². The molecule has 0 radical (unpaired) electrons. The van der Waals surface area contributed by atoms with E-state index in [1.54, 1.807) is 13.1 Å². The molecule has 202 valence electrons. The second kappa shape index (κ2) is 11.0. The average Bonchev–Trinajstić information content (AvgIpc) is 3.75. The van der Waals surface area contributed by atoms with Crippen LogP contribution in [0.5, 0.6) is 0 Å². The van der Waals surface area contributed by atoms with Gasteiger partial charge in [0.15, 0.2) is 8.32 Å². The SMILES string of the molecule is CC(=O)NC1(c2ccc(CO)cn2)CC1.CC(=O)NC1(c2ccc(CO[Si](C)(C)C(C)(C)C)cn2)CC1. The van der Waals surface area contributed by atoms with Gasteiger partial charge in [-0.05, 0) is 67.1 Å². The first-order valence-electron chi connectivity index (χ1n) is 13.0. The molecule has 8 nitrogen and oxygen atoms in total. The Bertz CT molecular complexity index is 1090. The van der Waals surface area contributed by atoms with Crippen LogP contribution in [0.15, 0.2) is 36.7 Å². The molecule has 2 aliphatic rings. The van der Waals surface area contributed by atoms with E-state index < -0.39 is 8.32 Å². The monoisotopic (exact) mass is 526 g/mol. The first kappa shape index (κ1) is 28.9. The zero-order valence-corrected chi connectivity index (χ0v) is 24.3. The predicted octanol–water partition coefficient (Wildman–Crippen LogP) is 4.43. The number of pyridine rings is 2. The third kappa shape index (κ3) is 7.46. The zero-order chi connectivity index (χ0) is 27.5. The van der Waals surface area contributed by atoms with E-state index in [4.69, 9.17) is 9.53 Å². The molecule has 37 heavy (non-hydrogen) atoms. The average molecular weight is 527 g/mol. The number of carbonyl (C=O) groups excluding carboxylic acids is 2. The molecule has 2 saturated carbocycles. The summed E-state index contributed by atoms with van der Waals surface area (Å²) in [5.74, 6) is -0.0230. The van der Waals surface area contributed by atoms with Gasteiger partial charge in [-0.15, -0.1) is 0 Å². The van der Waals surface area contributed by atoms with Crippen molar-refractivity contribution in [3.63, 3.8) is 0 Å². The van der Waals surface area contributed by atoms with Crippen molar-refractivity contribution < 1.29 is 19.1 Å². The molecule has 0 saturated heterocycles. The topological polar surface area (TPSA) is 113 Å². The van der Waals surface area contributed by atoms with Crippen LogP contribution in [0.25, 0.3) is 0 Å². The first-order chi connectivity index (χ1) is 17.2. The highest BCUT2D eigenvalue weighted by Gasteiger charge is 2.47. The Kier molecular flexibility index (Phi) is 8.61. The molecule has 4 rings (SSSR count). The lowest BCUT2D eigenvalue weighted by atomic mass is 10.1. The van der Waals surface area contributed by atoms with Crippen molar-refractivity contribution in [1.29, 1.82) is 0 Å². The van der Waals surface area contributed by atoms with Crippen molar-refractivity contribution in [2.45, 2.75) is 103 Å². The predicted molar refractivity (Wildman–Crippen MR) is 146 cm³/mol. The van der Waals surface area contributed by atoms with Gasteiger partial charge in [-0.1, -0.05) is 32.9 Å². The summed E-state index contributed by atoms with van der Waals surface area (Å²) in [5.41, 5.74) is 3.27. The second-order valence-corrected chi connectivity index (χ2v) is 16.6. The van der Waals surface area contributed by atoms with Crippen LogP contribution >= 0.6 is 0 Å². The molecule has 0 aromatic carbocycles. The summed E-state index contributed by atoms with van der Waals surface area (Å²) >= 11 is 0. The van der Waals surface area contributed by atoms with Crippen LogP contribution in [0, 0.1) is 0 Å². The second-order valence-electron chi connectivity index (χ2n) is 11.8. The quantitative estimate of drug-likeness (QED) is 0.439. The number of aliphatic hydroxyl groups is 1. The van der Waals surface area contributed by atoms with Crippen LogP contribution < -0.4 is 10.6 Å². The first-order valence-corrected chi connectivity index (χ1v) is 15.9. The van der Waals surface area contributed by atoms with Crippen molar-refractivity contribution in [2.24, 2.45) is 0 Å². The van der Waals surface area contributed by atoms with E-state index in [0.29, 0.717) is 6.61 Å². The van der Waals surface area contributed by atoms with Gasteiger partial charge in [0.1, 0.15) is 0 Å². The van der Waals surface area contributed by atoms with Crippen LogP contribution in [0.3, 0.4) is 0 Å². The molecule has 0 bridgehead atoms. The summed E-state index contributed by atoms with van der Waals surface area (Å²) in [4.78, 5) is 31.1. The molecule has 2 heterocycles. The van der Waals surface area contributed by atoms with Gasteiger partial charge in [0.25, 0.3) is 0 Å². The number of nitrogens with zero attached hydrogens (tertiary/aromatic N) is 2. The molecule has 2 aromatic heterocycles. The van der Waals surface area contributed by atoms with Crippen molar-refractivity contribution in [3.05, 3.63) is 59.2 Å². The number of hydrogen-bond donors (Lipinski definition) is 3. The van der Waals surface area contributed by atoms with Crippen molar-refractivity contribution in [3.8, 4) is 0 Å². The minimum atomic E-state index is -1.73. The third-order valence-corrected chi connectivity index (χ3v) is 12.0. The van der Waals surface area contributed by atoms with E-state index in [2.05, 4.69) is 60.5 Å². The number of amides is 2. The summed E-state index contributed by atoms with van der Waals surface area (Å²) in [7, 11) is -1.73. The van der Waals surface area contributed by atoms with Crippen molar-refractivity contribution in [2.75, 3.05) is 0 Å². The van der Waals surface area contributed by atoms with E-state index in [9.17, 15) is 9.59 Å². The molecule has 9 heteroatoms. The summed E-state index contributed by atoms with van der Waals surface area (Å²) in [6, 6.07) is 7.79. The Labute approximate surface area is 221 Å². The maximum atomic E-state index is 11.3. The van der Waals surface area contributed by atoms with Gasteiger partial charge < -0.3 is 20.2 Å². The molecule has 2 aliphatic carbocycles. The van der Waals surface area contributed by atoms with E-state index >= 15 is 0 Å². The van der Waals surface area contributed by atoms with Crippen LogP contribution in [0.1, 0.15) is 82.8 Å². The highest BCUT2D eigenvalue weighted by Crippen LogP contribution is 2.45. The van der Waals surface area contributed by atoms with Crippen LogP contribution in [-0.2, 0) is 38.3 Å². The molecule has 3 N–H and O–H groups in total. The maximum absolute atomic E-state index is 11.3. The van der Waals surface area contributed by atoms with Crippen LogP contribution in [0.2, 0.25) is 18.1 Å². The summed E-state index contributed by atoms with van der Waals surface area (Å²) in [5, 5.41) is 15.0. The van der Waals surface area contributed by atoms with Gasteiger partial charge in [-0.25, -0.2) is 0 Å². The Morgan fingerprint density at radius 1 is 0.892 bits per heavy atom. The highest BCUT2D eigenvalue weighted by atomic mass is 28.4. The van der Waals surface area contributed by atoms with E-state index in [0.717, 1.165) is 48.2 Å². The van der Waals surface area contributed by atoms with Gasteiger partial charge in [0.05, 0.1) is 35.7 Å². The summed E-state index contributed by atoms with van der Waals surface area (Å²) < 4.78 is 6.21. The molecular formula is C28H42N4O4Si. The molecule has 0 aliphatic heterocycles. The minimum Gasteiger partial charge on any atom is -0.413 e. The lowest BCUT2D eigenvalue weighted by Crippen LogP contribution is -2.40. The number of carbonyl (C=O) groups is 2. The fourth-order valence-corrected chi connectivity index (χ4v) is 4.85. The molecule has 0 unspecified atom stereocenters. The third-order valence-electron chi connectivity index (χ3n) is 7.55. The highest BCUT2D eigenvalue weighted by molar-refractivity contribution is 6.74. The largest absolute Gasteiger partial charge is 0.413 e. The number of nitrogens with one attached hydrogen (secondary N) is 2. The summed E-state index contributed by atoms with van der Waals surface area (Å²) in [6.07, 6.45) is 7.36. The maximum Gasteiger partial charge on any atom is 0.217 e. The zero-order valence-electron chi connectivity index (χ0n) is 23.3. The normalized spacial score (nSPS) is 17.2. The van der Waals surface area contributed by atoms with Gasteiger partial charge >= 0.3 is 0 Å². The molecule has 2 amide bonds.